The van der Waals surface area contributed by atoms with Gasteiger partial charge in [0.1, 0.15) is 12.4 Å². The maximum absolute atomic E-state index is 11.0. The molecule has 9 nitrogen and oxygen atoms in total. The van der Waals surface area contributed by atoms with E-state index >= 15 is 0 Å². The second kappa shape index (κ2) is 12.8. The van der Waals surface area contributed by atoms with Crippen LogP contribution in [0, 0.1) is 0 Å². The van der Waals surface area contributed by atoms with Gasteiger partial charge in [0.25, 0.3) is 0 Å². The van der Waals surface area contributed by atoms with Crippen molar-refractivity contribution in [1.29, 1.82) is 0 Å². The molecule has 3 heterocycles. The van der Waals surface area contributed by atoms with Crippen molar-refractivity contribution >= 4 is 13.6 Å². The van der Waals surface area contributed by atoms with Crippen LogP contribution in [-0.4, -0.2) is 15.1 Å². The van der Waals surface area contributed by atoms with Gasteiger partial charge < -0.3 is 28.7 Å². The van der Waals surface area contributed by atoms with Gasteiger partial charge in [0.2, 0.25) is 5.88 Å². The fourth-order valence-electron chi connectivity index (χ4n) is 2.90. The Morgan fingerprint density at radius 1 is 0.939 bits per heavy atom. The van der Waals surface area contributed by atoms with Crippen LogP contribution in [0.25, 0.3) is 11.3 Å². The summed E-state index contributed by atoms with van der Waals surface area (Å²) in [5.41, 5.74) is 2.99. The van der Waals surface area contributed by atoms with E-state index in [9.17, 15) is 14.4 Å². The Morgan fingerprint density at radius 3 is 2.36 bits per heavy atom. The number of aromatic nitrogens is 3. The molecule has 0 unspecified atom stereocenters. The molecule has 0 spiro atoms. The van der Waals surface area contributed by atoms with Crippen molar-refractivity contribution < 1.29 is 82.7 Å². The fraction of sp³-hybridized carbons (Fsp3) is 0.0952. The zero-order valence-electron chi connectivity index (χ0n) is 18.2. The molecule has 0 saturated carbocycles. The zero-order valence-corrected chi connectivity index (χ0v) is 23.1. The Balaban J connectivity index is 0.00000193. The van der Waals surface area contributed by atoms with Crippen molar-refractivity contribution in [2.75, 3.05) is 5.09 Å². The van der Waals surface area contributed by atoms with Gasteiger partial charge in [-0.05, 0) is 29.3 Å². The predicted molar refractivity (Wildman–Crippen MR) is 109 cm³/mol. The van der Waals surface area contributed by atoms with Gasteiger partial charge in [-0.3, -0.25) is 0 Å². The van der Waals surface area contributed by atoms with Gasteiger partial charge in [-0.2, -0.15) is 0 Å². The van der Waals surface area contributed by atoms with Gasteiger partial charge in [0.05, 0.1) is 11.3 Å². The van der Waals surface area contributed by atoms with E-state index in [-0.39, 0.29) is 64.9 Å². The Bertz CT molecular complexity index is 1200. The van der Waals surface area contributed by atoms with Crippen LogP contribution in [0.2, 0.25) is 0 Å². The molecule has 1 N–H and O–H groups in total. The quantitative estimate of drug-likeness (QED) is 0.201. The van der Waals surface area contributed by atoms with Crippen LogP contribution in [0.15, 0.2) is 77.6 Å². The fourth-order valence-corrected chi connectivity index (χ4v) is 3.33. The molecule has 0 aliphatic rings. The van der Waals surface area contributed by atoms with Crippen LogP contribution in [0.5, 0.6) is 5.88 Å². The Morgan fingerprint density at radius 2 is 1.67 bits per heavy atom. The first-order valence-corrected chi connectivity index (χ1v) is 10.8. The van der Waals surface area contributed by atoms with Crippen LogP contribution in [0.1, 0.15) is 16.8 Å². The molecule has 0 amide bonds. The number of ether oxygens (including phenoxy) is 1. The van der Waals surface area contributed by atoms with E-state index in [2.05, 4.69) is 15.1 Å². The first-order valence-electron chi connectivity index (χ1n) is 9.29. The molecule has 33 heavy (non-hydrogen) atoms. The van der Waals surface area contributed by atoms with Gasteiger partial charge in [-0.1, -0.05) is 35.5 Å². The largest absolute Gasteiger partial charge is 1.00 e. The molecule has 12 heteroatoms. The number of hydrogen-bond acceptors (Lipinski definition) is 8. The molecule has 158 valence electrons. The topological polar surface area (TPSA) is 136 Å². The number of pyridine rings is 2. The molecule has 0 fully saturated rings. The van der Waals surface area contributed by atoms with Gasteiger partial charge >= 0.3 is 59.1 Å². The summed E-state index contributed by atoms with van der Waals surface area (Å²) in [5.74, 6) is 0.770. The number of anilines is 1. The van der Waals surface area contributed by atoms with Crippen LogP contribution >= 0.6 is 7.75 Å². The third-order valence-corrected chi connectivity index (χ3v) is 4.79. The standard InChI is InChI=1S/C21H19N4O5P.2Na/c26-31(27,28)25-21-18(4-3-11-23-21)19-13-17(24-30-19)12-15-6-8-16(9-7-15)14-29-20-5-1-2-10-22-20;;/h1-11,13H,12,14H2,(H3,23,25,26,27,28);;/q;2*+1/p-2. The number of nitrogens with one attached hydrogen (secondary N) is 1. The van der Waals surface area contributed by atoms with E-state index in [1.54, 1.807) is 30.5 Å². The minimum absolute atomic E-state index is 0. The van der Waals surface area contributed by atoms with Crippen LogP contribution in [-0.2, 0) is 17.6 Å². The maximum atomic E-state index is 11.0. The monoisotopic (exact) mass is 482 g/mol. The van der Waals surface area contributed by atoms with Crippen molar-refractivity contribution in [3.05, 3.63) is 89.9 Å². The molecule has 0 atom stereocenters. The Labute approximate surface area is 234 Å². The second-order valence-corrected chi connectivity index (χ2v) is 7.86. The van der Waals surface area contributed by atoms with Crippen LogP contribution in [0.3, 0.4) is 0 Å². The van der Waals surface area contributed by atoms with Crippen molar-refractivity contribution in [3.8, 4) is 17.2 Å². The molecular weight excluding hydrogens is 465 g/mol. The Hall–Kier alpha value is -1.52. The summed E-state index contributed by atoms with van der Waals surface area (Å²) in [5, 5.41) is 5.90. The van der Waals surface area contributed by atoms with Crippen molar-refractivity contribution in [2.45, 2.75) is 13.0 Å². The average molecular weight is 482 g/mol. The molecular formula is C21H17N4Na2O5P. The van der Waals surface area contributed by atoms with Gasteiger partial charge in [0, 0.05) is 38.7 Å². The summed E-state index contributed by atoms with van der Waals surface area (Å²) in [4.78, 5) is 30.1. The van der Waals surface area contributed by atoms with Gasteiger partial charge in [0.15, 0.2) is 5.76 Å². The SMILES string of the molecule is O=P([O-])([O-])Nc1ncccc1-c1cc(Cc2ccc(COc3ccccn3)cc2)no1.[Na+].[Na+]. The average Bonchev–Trinajstić information content (AvgIpc) is 3.21. The predicted octanol–water partition coefficient (Wildman–Crippen LogP) is -3.45. The normalized spacial score (nSPS) is 10.6. The number of benzene rings is 1. The van der Waals surface area contributed by atoms with Gasteiger partial charge in [-0.25, -0.2) is 9.97 Å². The third-order valence-electron chi connectivity index (χ3n) is 4.31. The first kappa shape index (κ1) is 27.7. The molecule has 4 rings (SSSR count). The number of rotatable bonds is 8. The maximum Gasteiger partial charge on any atom is 1.00 e. The number of hydrogen-bond donors (Lipinski definition) is 1. The summed E-state index contributed by atoms with van der Waals surface area (Å²) in [6, 6.07) is 18.2. The van der Waals surface area contributed by atoms with Gasteiger partial charge in [-0.15, -0.1) is 0 Å². The van der Waals surface area contributed by atoms with Crippen molar-refractivity contribution in [3.63, 3.8) is 0 Å². The third kappa shape index (κ3) is 8.33. The minimum atomic E-state index is -5.00. The number of nitrogens with zero attached hydrogens (tertiary/aromatic N) is 3. The first-order chi connectivity index (χ1) is 15.0. The molecule has 0 aliphatic carbocycles. The molecule has 3 aromatic heterocycles. The summed E-state index contributed by atoms with van der Waals surface area (Å²) < 4.78 is 22.0. The van der Waals surface area contributed by atoms with E-state index in [0.29, 0.717) is 35.9 Å². The second-order valence-electron chi connectivity index (χ2n) is 6.64. The van der Waals surface area contributed by atoms with Crippen molar-refractivity contribution in [1.82, 2.24) is 15.1 Å². The van der Waals surface area contributed by atoms with Crippen LogP contribution < -0.4 is 78.7 Å². The minimum Gasteiger partial charge on any atom is -0.795 e. The van der Waals surface area contributed by atoms with Crippen LogP contribution in [0.4, 0.5) is 5.82 Å². The van der Waals surface area contributed by atoms with E-state index in [1.165, 1.54) is 6.20 Å². The van der Waals surface area contributed by atoms with E-state index in [4.69, 9.17) is 9.26 Å². The molecule has 0 bridgehead atoms. The summed E-state index contributed by atoms with van der Waals surface area (Å²) in [6.07, 6.45) is 3.56. The molecule has 0 radical (unpaired) electrons. The van der Waals surface area contributed by atoms with E-state index < -0.39 is 7.75 Å². The summed E-state index contributed by atoms with van der Waals surface area (Å²) in [7, 11) is -5.00. The molecule has 0 aliphatic heterocycles. The smallest absolute Gasteiger partial charge is 0.795 e. The molecule has 1 aromatic carbocycles. The van der Waals surface area contributed by atoms with E-state index in [1.807, 2.05) is 41.5 Å². The summed E-state index contributed by atoms with van der Waals surface area (Å²) in [6.45, 7) is 0.408. The Kier molecular flexibility index (Phi) is 10.8. The summed E-state index contributed by atoms with van der Waals surface area (Å²) >= 11 is 0. The molecule has 0 saturated heterocycles. The molecule has 4 aromatic rings. The van der Waals surface area contributed by atoms with Crippen molar-refractivity contribution in [2.24, 2.45) is 0 Å². The zero-order chi connectivity index (χ0) is 21.7. The van der Waals surface area contributed by atoms with E-state index in [0.717, 1.165) is 11.1 Å².